The third kappa shape index (κ3) is 1.23. The van der Waals surface area contributed by atoms with Crippen molar-refractivity contribution in [2.45, 2.75) is 57.0 Å². The molecule has 0 aromatic carbocycles. The van der Waals surface area contributed by atoms with Gasteiger partial charge in [-0.25, -0.2) is 0 Å². The fraction of sp³-hybridized carbons (Fsp3) is 1.00. The van der Waals surface area contributed by atoms with Gasteiger partial charge in [-0.05, 0) is 19.3 Å². The number of hydrogen-bond donors (Lipinski definition) is 3. The van der Waals surface area contributed by atoms with E-state index in [4.69, 9.17) is 0 Å². The number of piperazine rings is 3. The minimum atomic E-state index is -0.832. The summed E-state index contributed by atoms with van der Waals surface area (Å²) < 4.78 is 0. The van der Waals surface area contributed by atoms with E-state index >= 15 is 0 Å². The number of hydrogen-bond acceptors (Lipinski definition) is 7. The van der Waals surface area contributed by atoms with E-state index in [0.717, 1.165) is 0 Å². The molecular weight excluding hydrogens is 248 g/mol. The first-order chi connectivity index (χ1) is 8.93. The number of nitrogens with zero attached hydrogens (tertiary/aromatic N) is 4. The molecule has 4 aliphatic rings. The van der Waals surface area contributed by atoms with Crippen LogP contribution in [0.4, 0.5) is 0 Å². The number of hydroxylamine groups is 6. The van der Waals surface area contributed by atoms with Crippen molar-refractivity contribution in [2.24, 2.45) is 0 Å². The molecule has 7 heteroatoms. The minimum absolute atomic E-state index is 0.591. The molecule has 0 radical (unpaired) electrons. The average Bonchev–Trinajstić information content (AvgIpc) is 2.44. The van der Waals surface area contributed by atoms with E-state index in [1.807, 2.05) is 20.8 Å². The first-order valence-corrected chi connectivity index (χ1v) is 7.13. The van der Waals surface area contributed by atoms with Crippen molar-refractivity contribution in [1.82, 2.24) is 20.1 Å². The highest BCUT2D eigenvalue weighted by molar-refractivity contribution is 5.16. The lowest BCUT2D eigenvalue weighted by Crippen LogP contribution is -2.95. The third-order valence-corrected chi connectivity index (χ3v) is 5.49. The summed E-state index contributed by atoms with van der Waals surface area (Å²) >= 11 is 0. The van der Waals surface area contributed by atoms with Crippen molar-refractivity contribution in [3.8, 4) is 0 Å². The van der Waals surface area contributed by atoms with Gasteiger partial charge in [0.2, 0.25) is 0 Å². The largest absolute Gasteiger partial charge is 0.310 e. The van der Waals surface area contributed by atoms with Gasteiger partial charge in [-0.2, -0.15) is 0 Å². The molecule has 0 aromatic heterocycles. The van der Waals surface area contributed by atoms with Crippen molar-refractivity contribution in [1.29, 1.82) is 0 Å². The molecule has 0 unspecified atom stereocenters. The lowest BCUT2D eigenvalue weighted by atomic mass is 9.80. The van der Waals surface area contributed by atoms with Crippen LogP contribution in [0.15, 0.2) is 0 Å². The molecule has 4 rings (SSSR count). The summed E-state index contributed by atoms with van der Waals surface area (Å²) in [5, 5.41) is 35.6. The van der Waals surface area contributed by atoms with Gasteiger partial charge in [0.1, 0.15) is 17.0 Å². The van der Waals surface area contributed by atoms with Gasteiger partial charge in [0.05, 0.1) is 0 Å². The fourth-order valence-corrected chi connectivity index (χ4v) is 4.31. The highest BCUT2D eigenvalue weighted by Gasteiger charge is 2.73. The van der Waals surface area contributed by atoms with Crippen molar-refractivity contribution < 1.29 is 15.6 Å². The summed E-state index contributed by atoms with van der Waals surface area (Å²) in [6, 6.07) is 0. The zero-order valence-electron chi connectivity index (χ0n) is 11.9. The van der Waals surface area contributed by atoms with Gasteiger partial charge in [-0.3, -0.25) is 4.90 Å². The van der Waals surface area contributed by atoms with E-state index in [9.17, 15) is 15.6 Å². The summed E-state index contributed by atoms with van der Waals surface area (Å²) in [6.07, 6.45) is 1.77. The molecule has 4 fully saturated rings. The van der Waals surface area contributed by atoms with E-state index in [1.54, 1.807) is 0 Å². The van der Waals surface area contributed by atoms with Crippen molar-refractivity contribution >= 4 is 0 Å². The predicted octanol–water partition coefficient (Wildman–Crippen LogP) is 0.722. The summed E-state index contributed by atoms with van der Waals surface area (Å²) in [7, 11) is 0. The Kier molecular flexibility index (Phi) is 2.80. The van der Waals surface area contributed by atoms with Crippen LogP contribution in [-0.4, -0.2) is 72.3 Å². The quantitative estimate of drug-likeness (QED) is 0.699. The first-order valence-electron chi connectivity index (χ1n) is 7.13. The summed E-state index contributed by atoms with van der Waals surface area (Å²) in [6.45, 7) is 7.63. The van der Waals surface area contributed by atoms with Gasteiger partial charge in [-0.1, -0.05) is 20.8 Å². The molecule has 19 heavy (non-hydrogen) atoms. The van der Waals surface area contributed by atoms with Crippen LogP contribution in [0.1, 0.15) is 40.0 Å². The highest BCUT2D eigenvalue weighted by atomic mass is 16.6. The van der Waals surface area contributed by atoms with E-state index in [0.29, 0.717) is 38.9 Å². The standard InChI is InChI=1S/C12H24N4O3/c1-4-10-7-13-8-11(5-2,14(10)17)16(19)12(6-3,9-13)15(10)18/h17-19H,4-9H2,1-3H3. The summed E-state index contributed by atoms with van der Waals surface area (Å²) in [5.74, 6) is 0. The van der Waals surface area contributed by atoms with E-state index < -0.39 is 17.0 Å². The van der Waals surface area contributed by atoms with E-state index in [-0.39, 0.29) is 0 Å². The van der Waals surface area contributed by atoms with Crippen LogP contribution in [0, 0.1) is 0 Å². The van der Waals surface area contributed by atoms with Gasteiger partial charge < -0.3 is 15.6 Å². The molecule has 7 nitrogen and oxygen atoms in total. The Balaban J connectivity index is 2.18. The smallest absolute Gasteiger partial charge is 0.137 e. The van der Waals surface area contributed by atoms with Crippen molar-refractivity contribution in [3.63, 3.8) is 0 Å². The summed E-state index contributed by atoms with van der Waals surface area (Å²) in [5.41, 5.74) is -2.49. The van der Waals surface area contributed by atoms with Crippen LogP contribution in [-0.2, 0) is 0 Å². The van der Waals surface area contributed by atoms with Gasteiger partial charge in [0, 0.05) is 19.6 Å². The normalized spacial score (nSPS) is 51.2. The van der Waals surface area contributed by atoms with Gasteiger partial charge in [0.25, 0.3) is 0 Å². The van der Waals surface area contributed by atoms with Crippen LogP contribution in [0.5, 0.6) is 0 Å². The molecule has 0 aliphatic carbocycles. The SMILES string of the molecule is CCC12CN3CC(CC)(N1O)N(O)C(CC)(C3)N2O. The topological polar surface area (TPSA) is 73.7 Å². The predicted molar refractivity (Wildman–Crippen MR) is 66.4 cm³/mol. The molecule has 4 heterocycles. The van der Waals surface area contributed by atoms with Crippen LogP contribution >= 0.6 is 0 Å². The molecule has 0 spiro atoms. The van der Waals surface area contributed by atoms with Gasteiger partial charge in [0.15, 0.2) is 0 Å². The molecule has 0 saturated carbocycles. The first kappa shape index (κ1) is 13.7. The molecule has 0 atom stereocenters. The van der Waals surface area contributed by atoms with Crippen molar-refractivity contribution in [2.75, 3.05) is 19.6 Å². The maximum Gasteiger partial charge on any atom is 0.137 e. The lowest BCUT2D eigenvalue weighted by molar-refractivity contribution is -0.544. The second kappa shape index (κ2) is 3.88. The number of rotatable bonds is 3. The maximum atomic E-state index is 10.7. The molecule has 4 bridgehead atoms. The Labute approximate surface area is 113 Å². The van der Waals surface area contributed by atoms with Crippen LogP contribution in [0.2, 0.25) is 0 Å². The van der Waals surface area contributed by atoms with Crippen LogP contribution < -0.4 is 0 Å². The Morgan fingerprint density at radius 3 is 1.16 bits per heavy atom. The Hall–Kier alpha value is -0.280. The van der Waals surface area contributed by atoms with Crippen molar-refractivity contribution in [3.05, 3.63) is 0 Å². The lowest BCUT2D eigenvalue weighted by Gasteiger charge is -2.75. The summed E-state index contributed by atoms with van der Waals surface area (Å²) in [4.78, 5) is 2.24. The van der Waals surface area contributed by atoms with E-state index in [1.165, 1.54) is 15.2 Å². The third-order valence-electron chi connectivity index (χ3n) is 5.49. The van der Waals surface area contributed by atoms with Gasteiger partial charge in [-0.15, -0.1) is 15.2 Å². The molecular formula is C12H24N4O3. The molecule has 110 valence electrons. The minimum Gasteiger partial charge on any atom is -0.310 e. The Morgan fingerprint density at radius 1 is 0.684 bits per heavy atom. The molecule has 0 amide bonds. The zero-order valence-corrected chi connectivity index (χ0v) is 11.9. The average molecular weight is 272 g/mol. The zero-order chi connectivity index (χ0) is 14.1. The van der Waals surface area contributed by atoms with Gasteiger partial charge >= 0.3 is 0 Å². The molecule has 0 aromatic rings. The molecule has 3 N–H and O–H groups in total. The highest BCUT2D eigenvalue weighted by Crippen LogP contribution is 2.53. The molecule has 4 aliphatic heterocycles. The maximum absolute atomic E-state index is 10.7. The second-order valence-corrected chi connectivity index (χ2v) is 6.09. The van der Waals surface area contributed by atoms with E-state index in [2.05, 4.69) is 4.90 Å². The fourth-order valence-electron chi connectivity index (χ4n) is 4.31. The molecule has 4 saturated heterocycles. The van der Waals surface area contributed by atoms with Crippen LogP contribution in [0.3, 0.4) is 0 Å². The Bertz CT molecular complexity index is 322. The second-order valence-electron chi connectivity index (χ2n) is 6.09. The monoisotopic (exact) mass is 272 g/mol. The Morgan fingerprint density at radius 2 is 0.947 bits per heavy atom. The van der Waals surface area contributed by atoms with Crippen LogP contribution in [0.25, 0.3) is 0 Å².